The van der Waals surface area contributed by atoms with Crippen LogP contribution in [0.25, 0.3) is 0 Å². The van der Waals surface area contributed by atoms with E-state index in [1.165, 1.54) is 0 Å². The lowest BCUT2D eigenvalue weighted by molar-refractivity contribution is -0.124. The maximum atomic E-state index is 13.1. The molecule has 2 atom stereocenters. The van der Waals surface area contributed by atoms with Crippen molar-refractivity contribution in [3.63, 3.8) is 0 Å². The quantitative estimate of drug-likeness (QED) is 0.606. The van der Waals surface area contributed by atoms with Gasteiger partial charge in [0.15, 0.2) is 11.9 Å². The van der Waals surface area contributed by atoms with Crippen LogP contribution in [0.5, 0.6) is 5.75 Å². The third-order valence-corrected chi connectivity index (χ3v) is 6.74. The molecule has 3 aliphatic rings. The molecular formula is C26H34N8O2. The lowest BCUT2D eigenvalue weighted by Gasteiger charge is -2.34. The van der Waals surface area contributed by atoms with Gasteiger partial charge < -0.3 is 15.0 Å². The number of carbonyl (C=O) groups is 1. The van der Waals surface area contributed by atoms with Crippen molar-refractivity contribution in [2.24, 2.45) is 10.1 Å². The smallest absolute Gasteiger partial charge is 0.252 e. The van der Waals surface area contributed by atoms with E-state index in [-0.39, 0.29) is 18.0 Å². The molecule has 5 rings (SSSR count). The summed E-state index contributed by atoms with van der Waals surface area (Å²) in [5.74, 6) is 2.81. The molecule has 1 aromatic heterocycles. The molecule has 2 unspecified atom stereocenters. The number of amides is 1. The van der Waals surface area contributed by atoms with E-state index in [2.05, 4.69) is 44.1 Å². The van der Waals surface area contributed by atoms with Gasteiger partial charge in [-0.05, 0) is 44.0 Å². The minimum atomic E-state index is -0.390. The van der Waals surface area contributed by atoms with Crippen molar-refractivity contribution in [3.8, 4) is 5.75 Å². The fourth-order valence-electron chi connectivity index (χ4n) is 4.99. The van der Waals surface area contributed by atoms with Gasteiger partial charge in [-0.3, -0.25) is 14.7 Å². The van der Waals surface area contributed by atoms with Crippen molar-refractivity contribution in [2.75, 3.05) is 37.7 Å². The third kappa shape index (κ3) is 4.90. The van der Waals surface area contributed by atoms with Gasteiger partial charge in [0.25, 0.3) is 5.91 Å². The van der Waals surface area contributed by atoms with Crippen LogP contribution in [0.1, 0.15) is 44.7 Å². The van der Waals surface area contributed by atoms with Gasteiger partial charge in [0.05, 0.1) is 18.2 Å². The predicted octanol–water partition coefficient (Wildman–Crippen LogP) is 2.26. The van der Waals surface area contributed by atoms with E-state index in [4.69, 9.17) is 14.8 Å². The van der Waals surface area contributed by atoms with Crippen LogP contribution in [0, 0.1) is 0 Å². The molecule has 4 heterocycles. The first kappa shape index (κ1) is 24.2. The number of fused-ring (bicyclic) bond motifs is 1. The van der Waals surface area contributed by atoms with Gasteiger partial charge in [-0.1, -0.05) is 13.0 Å². The van der Waals surface area contributed by atoms with Gasteiger partial charge in [-0.15, -0.1) is 0 Å². The highest BCUT2D eigenvalue weighted by Gasteiger charge is 2.42. The number of anilines is 1. The van der Waals surface area contributed by atoms with E-state index in [9.17, 15) is 4.79 Å². The minimum Gasteiger partial charge on any atom is -0.493 e. The fraction of sp³-hybridized carbons (Fsp3) is 0.500. The number of piperazine rings is 1. The van der Waals surface area contributed by atoms with Crippen molar-refractivity contribution < 1.29 is 9.53 Å². The number of nitrogens with one attached hydrogen (secondary N) is 1. The number of carbonyl (C=O) groups excluding carboxylic acids is 1. The number of hydrazone groups is 1. The number of ether oxygens (including phenoxy) is 1. The topological polar surface area (TPSA) is 98.5 Å². The van der Waals surface area contributed by atoms with Crippen LogP contribution < -0.4 is 15.0 Å². The Morgan fingerprint density at radius 2 is 1.89 bits per heavy atom. The van der Waals surface area contributed by atoms with Gasteiger partial charge in [0, 0.05) is 51.5 Å². The Balaban J connectivity index is 1.35. The Labute approximate surface area is 212 Å². The highest BCUT2D eigenvalue weighted by molar-refractivity contribution is 6.13. The summed E-state index contributed by atoms with van der Waals surface area (Å²) in [4.78, 5) is 31.2. The number of benzene rings is 1. The minimum absolute atomic E-state index is 0.0746. The lowest BCUT2D eigenvalue weighted by Crippen LogP contribution is -2.54. The van der Waals surface area contributed by atoms with Crippen LogP contribution >= 0.6 is 0 Å². The molecule has 1 amide bonds. The zero-order valence-electron chi connectivity index (χ0n) is 21.2. The van der Waals surface area contributed by atoms with Crippen LogP contribution in [0.15, 0.2) is 46.8 Å². The zero-order chi connectivity index (χ0) is 25.1. The van der Waals surface area contributed by atoms with E-state index in [0.717, 1.165) is 68.5 Å². The van der Waals surface area contributed by atoms with Crippen LogP contribution in [-0.2, 0) is 11.3 Å². The number of aromatic nitrogens is 2. The molecule has 1 fully saturated rings. The molecule has 1 N–H and O–H groups in total. The highest BCUT2D eigenvalue weighted by atomic mass is 16.5. The first-order valence-electron chi connectivity index (χ1n) is 12.8. The number of nitrogens with zero attached hydrogens (tertiary/aromatic N) is 7. The molecule has 10 heteroatoms. The Bertz CT molecular complexity index is 1140. The summed E-state index contributed by atoms with van der Waals surface area (Å²) >= 11 is 0. The summed E-state index contributed by atoms with van der Waals surface area (Å²) < 4.78 is 5.93. The number of aliphatic imine (C=N–C) groups is 1. The van der Waals surface area contributed by atoms with Gasteiger partial charge in [0.1, 0.15) is 11.6 Å². The summed E-state index contributed by atoms with van der Waals surface area (Å²) in [5, 5.41) is 9.71. The zero-order valence-corrected chi connectivity index (χ0v) is 21.2. The van der Waals surface area contributed by atoms with Crippen molar-refractivity contribution >= 4 is 23.5 Å². The van der Waals surface area contributed by atoms with E-state index in [1.54, 1.807) is 12.4 Å². The number of hydrogen-bond donors (Lipinski definition) is 1. The number of rotatable bonds is 8. The highest BCUT2D eigenvalue weighted by Crippen LogP contribution is 2.28. The maximum absolute atomic E-state index is 13.1. The first-order valence-corrected chi connectivity index (χ1v) is 12.8. The Kier molecular flexibility index (Phi) is 7.13. The van der Waals surface area contributed by atoms with Gasteiger partial charge in [-0.25, -0.2) is 15.0 Å². The summed E-state index contributed by atoms with van der Waals surface area (Å²) in [6, 6.07) is 7.50. The number of hydrogen-bond acceptors (Lipinski definition) is 9. The molecule has 0 radical (unpaired) electrons. The van der Waals surface area contributed by atoms with E-state index in [1.807, 2.05) is 31.0 Å². The van der Waals surface area contributed by atoms with Gasteiger partial charge in [0.2, 0.25) is 5.95 Å². The maximum Gasteiger partial charge on any atom is 0.252 e. The average molecular weight is 491 g/mol. The molecule has 36 heavy (non-hydrogen) atoms. The van der Waals surface area contributed by atoms with Gasteiger partial charge >= 0.3 is 0 Å². The summed E-state index contributed by atoms with van der Waals surface area (Å²) in [6.07, 6.45) is 5.31. The fourth-order valence-corrected chi connectivity index (χ4v) is 4.99. The second-order valence-electron chi connectivity index (χ2n) is 9.34. The van der Waals surface area contributed by atoms with Crippen LogP contribution in [-0.4, -0.2) is 82.3 Å². The molecule has 190 valence electrons. The Morgan fingerprint density at radius 1 is 1.11 bits per heavy atom. The van der Waals surface area contributed by atoms with Crippen molar-refractivity contribution in [1.29, 1.82) is 0 Å². The summed E-state index contributed by atoms with van der Waals surface area (Å²) in [7, 11) is 0. The molecule has 3 aliphatic heterocycles. The summed E-state index contributed by atoms with van der Waals surface area (Å²) in [5.41, 5.74) is 1.95. The molecular weight excluding hydrogens is 456 g/mol. The van der Waals surface area contributed by atoms with Crippen LogP contribution in [0.2, 0.25) is 0 Å². The SMILES string of the molecule is CCCC1=NC(C)C2C(=O)NC(c3cc(CN4CCN(c5ncccn5)CC4)ccc3OCC)=NN12. The molecule has 1 aromatic carbocycles. The Morgan fingerprint density at radius 3 is 2.61 bits per heavy atom. The predicted molar refractivity (Wildman–Crippen MR) is 139 cm³/mol. The van der Waals surface area contributed by atoms with Crippen molar-refractivity contribution in [3.05, 3.63) is 47.8 Å². The normalized spacial score (nSPS) is 22.1. The molecule has 10 nitrogen and oxygen atoms in total. The van der Waals surface area contributed by atoms with E-state index >= 15 is 0 Å². The second-order valence-corrected chi connectivity index (χ2v) is 9.34. The van der Waals surface area contributed by atoms with E-state index < -0.39 is 0 Å². The van der Waals surface area contributed by atoms with E-state index in [0.29, 0.717) is 18.2 Å². The lowest BCUT2D eigenvalue weighted by atomic mass is 10.1. The van der Waals surface area contributed by atoms with Crippen LogP contribution in [0.4, 0.5) is 5.95 Å². The molecule has 1 saturated heterocycles. The van der Waals surface area contributed by atoms with Crippen LogP contribution in [0.3, 0.4) is 0 Å². The first-order chi connectivity index (χ1) is 17.6. The molecule has 0 saturated carbocycles. The van der Waals surface area contributed by atoms with Crippen molar-refractivity contribution in [1.82, 2.24) is 25.2 Å². The second kappa shape index (κ2) is 10.6. The standard InChI is InChI=1S/C26H34N8O2/c1-4-7-22-29-18(3)23-25(35)30-24(31-34(22)23)20-16-19(8-9-21(20)36-5-2)17-32-12-14-33(15-13-32)26-27-10-6-11-28-26/h6,8-11,16,18,23H,4-5,7,12-15,17H2,1-3H3,(H,30,31,35). The van der Waals surface area contributed by atoms with Crippen molar-refractivity contribution in [2.45, 2.75) is 52.2 Å². The molecule has 0 bridgehead atoms. The summed E-state index contributed by atoms with van der Waals surface area (Å²) in [6.45, 7) is 11.0. The monoisotopic (exact) mass is 490 g/mol. The Hall–Kier alpha value is -3.53. The average Bonchev–Trinajstić information content (AvgIpc) is 3.21. The molecule has 0 spiro atoms. The van der Waals surface area contributed by atoms with Gasteiger partial charge in [-0.2, -0.15) is 5.10 Å². The number of amidine groups is 2. The third-order valence-electron chi connectivity index (χ3n) is 6.74. The molecule has 0 aliphatic carbocycles. The largest absolute Gasteiger partial charge is 0.493 e. The molecule has 2 aromatic rings.